The fourth-order valence-electron chi connectivity index (χ4n) is 3.06. The quantitative estimate of drug-likeness (QED) is 0.878. The monoisotopic (exact) mass is 302 g/mol. The van der Waals surface area contributed by atoms with E-state index in [-0.39, 0.29) is 5.91 Å². The van der Waals surface area contributed by atoms with Gasteiger partial charge in [0.25, 0.3) is 5.91 Å². The minimum atomic E-state index is 0.120. The minimum Gasteiger partial charge on any atom is -0.492 e. The molecule has 1 aliphatic carbocycles. The highest BCUT2D eigenvalue weighted by atomic mass is 16.5. The first kappa shape index (κ1) is 15.3. The van der Waals surface area contributed by atoms with Gasteiger partial charge in [0.05, 0.1) is 12.2 Å². The lowest BCUT2D eigenvalue weighted by atomic mass is 9.96. The number of nitrogens with zero attached hydrogens (tertiary/aromatic N) is 1. The summed E-state index contributed by atoms with van der Waals surface area (Å²) < 4.78 is 5.88. The molecule has 0 spiro atoms. The van der Waals surface area contributed by atoms with Crippen LogP contribution >= 0.6 is 0 Å². The number of nitrogens with one attached hydrogen (secondary N) is 1. The minimum absolute atomic E-state index is 0.120. The molecule has 1 saturated carbocycles. The second kappa shape index (κ2) is 7.14. The number of likely N-dealkylation sites (tertiary alicyclic amines) is 1. The summed E-state index contributed by atoms with van der Waals surface area (Å²) in [5.41, 5.74) is 0.718. The first-order valence-corrected chi connectivity index (χ1v) is 8.43. The van der Waals surface area contributed by atoms with Crippen molar-refractivity contribution in [1.82, 2.24) is 10.2 Å². The molecule has 3 rings (SSSR count). The van der Waals surface area contributed by atoms with E-state index in [9.17, 15) is 4.79 Å². The fourth-order valence-corrected chi connectivity index (χ4v) is 3.06. The van der Waals surface area contributed by atoms with Gasteiger partial charge in [-0.1, -0.05) is 12.1 Å². The Morgan fingerprint density at radius 1 is 1.18 bits per heavy atom. The Kier molecular flexibility index (Phi) is 4.98. The molecular weight excluding hydrogens is 276 g/mol. The molecule has 1 amide bonds. The van der Waals surface area contributed by atoms with Crippen molar-refractivity contribution in [3.63, 3.8) is 0 Å². The number of para-hydroxylation sites is 1. The van der Waals surface area contributed by atoms with Crippen LogP contribution in [0.1, 0.15) is 36.0 Å². The molecule has 1 aromatic carbocycles. The van der Waals surface area contributed by atoms with Gasteiger partial charge in [-0.3, -0.25) is 4.79 Å². The zero-order valence-electron chi connectivity index (χ0n) is 13.4. The van der Waals surface area contributed by atoms with E-state index in [2.05, 4.69) is 5.32 Å². The molecular formula is C18H26N2O2. The van der Waals surface area contributed by atoms with Gasteiger partial charge in [0.1, 0.15) is 5.75 Å². The number of ether oxygens (including phenoxy) is 1. The molecule has 1 heterocycles. The molecule has 0 atom stereocenters. The first-order chi connectivity index (χ1) is 10.8. The van der Waals surface area contributed by atoms with E-state index in [0.717, 1.165) is 50.4 Å². The maximum Gasteiger partial charge on any atom is 0.257 e. The zero-order chi connectivity index (χ0) is 15.4. The average molecular weight is 302 g/mol. The van der Waals surface area contributed by atoms with Crippen molar-refractivity contribution in [3.8, 4) is 5.75 Å². The van der Waals surface area contributed by atoms with Crippen molar-refractivity contribution in [2.75, 3.05) is 33.3 Å². The largest absolute Gasteiger partial charge is 0.492 e. The molecule has 0 bridgehead atoms. The van der Waals surface area contributed by atoms with Crippen LogP contribution in [0.3, 0.4) is 0 Å². The van der Waals surface area contributed by atoms with Crippen molar-refractivity contribution in [3.05, 3.63) is 29.8 Å². The number of carbonyl (C=O) groups excluding carboxylic acids is 1. The predicted molar refractivity (Wildman–Crippen MR) is 87.2 cm³/mol. The van der Waals surface area contributed by atoms with Crippen LogP contribution in [0.5, 0.6) is 5.75 Å². The molecule has 4 heteroatoms. The van der Waals surface area contributed by atoms with Crippen LogP contribution in [0, 0.1) is 11.8 Å². The van der Waals surface area contributed by atoms with Crippen LogP contribution in [0.15, 0.2) is 24.3 Å². The second-order valence-electron chi connectivity index (χ2n) is 6.54. The number of rotatable bonds is 6. The zero-order valence-corrected chi connectivity index (χ0v) is 13.4. The third kappa shape index (κ3) is 3.80. The molecule has 0 radical (unpaired) electrons. The lowest BCUT2D eigenvalue weighted by molar-refractivity contribution is 0.0686. The van der Waals surface area contributed by atoms with Gasteiger partial charge < -0.3 is 15.0 Å². The van der Waals surface area contributed by atoms with Crippen LogP contribution in [0.2, 0.25) is 0 Å². The predicted octanol–water partition coefficient (Wildman–Crippen LogP) is 2.55. The van der Waals surface area contributed by atoms with E-state index in [1.54, 1.807) is 0 Å². The average Bonchev–Trinajstić information content (AvgIpc) is 3.38. The molecule has 0 unspecified atom stereocenters. The Balaban J connectivity index is 1.61. The van der Waals surface area contributed by atoms with Crippen LogP contribution in [-0.2, 0) is 0 Å². The number of hydrogen-bond donors (Lipinski definition) is 1. The summed E-state index contributed by atoms with van der Waals surface area (Å²) in [6.07, 6.45) is 4.68. The molecule has 120 valence electrons. The number of hydrogen-bond acceptors (Lipinski definition) is 3. The summed E-state index contributed by atoms with van der Waals surface area (Å²) in [5, 5.41) is 3.23. The standard InChI is InChI=1S/C18H26N2O2/c1-19-12-14-8-10-20(11-9-14)18(21)16-4-2-3-5-17(16)22-13-15-6-7-15/h2-5,14-15,19H,6-13H2,1H3. The molecule has 22 heavy (non-hydrogen) atoms. The Morgan fingerprint density at radius 2 is 1.91 bits per heavy atom. The van der Waals surface area contributed by atoms with Gasteiger partial charge in [-0.2, -0.15) is 0 Å². The van der Waals surface area contributed by atoms with Crippen molar-refractivity contribution >= 4 is 5.91 Å². The maximum absolute atomic E-state index is 12.8. The highest BCUT2D eigenvalue weighted by Crippen LogP contribution is 2.31. The molecule has 0 aromatic heterocycles. The summed E-state index contributed by atoms with van der Waals surface area (Å²) in [7, 11) is 1.99. The molecule has 4 nitrogen and oxygen atoms in total. The first-order valence-electron chi connectivity index (χ1n) is 8.43. The van der Waals surface area contributed by atoms with Crippen LogP contribution in [0.4, 0.5) is 0 Å². The summed E-state index contributed by atoms with van der Waals surface area (Å²) in [5.74, 6) is 2.25. The highest BCUT2D eigenvalue weighted by Gasteiger charge is 2.26. The number of amides is 1. The van der Waals surface area contributed by atoms with Crippen molar-refractivity contribution in [2.45, 2.75) is 25.7 Å². The maximum atomic E-state index is 12.8. The van der Waals surface area contributed by atoms with Gasteiger partial charge in [-0.05, 0) is 63.2 Å². The van der Waals surface area contributed by atoms with Crippen LogP contribution in [0.25, 0.3) is 0 Å². The summed E-state index contributed by atoms with van der Waals surface area (Å²) >= 11 is 0. The molecule has 1 aromatic rings. The molecule has 2 fully saturated rings. The SMILES string of the molecule is CNCC1CCN(C(=O)c2ccccc2OCC2CC2)CC1. The number of benzene rings is 1. The molecule has 1 saturated heterocycles. The number of piperidine rings is 1. The Bertz CT molecular complexity index is 506. The lowest BCUT2D eigenvalue weighted by Gasteiger charge is -2.32. The Morgan fingerprint density at radius 3 is 2.59 bits per heavy atom. The Labute approximate surface area is 132 Å². The van der Waals surface area contributed by atoms with Crippen LogP contribution in [-0.4, -0.2) is 44.1 Å². The fraction of sp³-hybridized carbons (Fsp3) is 0.611. The molecule has 1 aliphatic heterocycles. The summed E-state index contributed by atoms with van der Waals surface area (Å²) in [6.45, 7) is 3.49. The van der Waals surface area contributed by atoms with Crippen molar-refractivity contribution in [2.24, 2.45) is 11.8 Å². The van der Waals surface area contributed by atoms with Gasteiger partial charge in [-0.25, -0.2) is 0 Å². The number of carbonyl (C=O) groups is 1. The summed E-state index contributed by atoms with van der Waals surface area (Å²) in [6, 6.07) is 7.68. The third-order valence-corrected chi connectivity index (χ3v) is 4.68. The normalized spacial score (nSPS) is 19.2. The third-order valence-electron chi connectivity index (χ3n) is 4.68. The Hall–Kier alpha value is -1.55. The van der Waals surface area contributed by atoms with E-state index in [4.69, 9.17) is 4.74 Å². The smallest absolute Gasteiger partial charge is 0.257 e. The topological polar surface area (TPSA) is 41.6 Å². The molecule has 1 N–H and O–H groups in total. The van der Waals surface area contributed by atoms with E-state index in [1.807, 2.05) is 36.2 Å². The van der Waals surface area contributed by atoms with Gasteiger partial charge in [0.15, 0.2) is 0 Å². The second-order valence-corrected chi connectivity index (χ2v) is 6.54. The highest BCUT2D eigenvalue weighted by molar-refractivity contribution is 5.97. The summed E-state index contributed by atoms with van der Waals surface area (Å²) in [4.78, 5) is 14.8. The van der Waals surface area contributed by atoms with Gasteiger partial charge in [0.2, 0.25) is 0 Å². The van der Waals surface area contributed by atoms with Gasteiger partial charge in [-0.15, -0.1) is 0 Å². The molecule has 2 aliphatic rings. The van der Waals surface area contributed by atoms with Crippen LogP contribution < -0.4 is 10.1 Å². The van der Waals surface area contributed by atoms with Crippen molar-refractivity contribution < 1.29 is 9.53 Å². The van der Waals surface area contributed by atoms with E-state index >= 15 is 0 Å². The van der Waals surface area contributed by atoms with E-state index in [1.165, 1.54) is 12.8 Å². The van der Waals surface area contributed by atoms with Gasteiger partial charge in [0, 0.05) is 13.1 Å². The lowest BCUT2D eigenvalue weighted by Crippen LogP contribution is -2.40. The van der Waals surface area contributed by atoms with E-state index in [0.29, 0.717) is 11.8 Å². The van der Waals surface area contributed by atoms with E-state index < -0.39 is 0 Å². The van der Waals surface area contributed by atoms with Crippen molar-refractivity contribution in [1.29, 1.82) is 0 Å². The van der Waals surface area contributed by atoms with Gasteiger partial charge >= 0.3 is 0 Å².